The minimum absolute atomic E-state index is 0.141. The molecule has 11 nitrogen and oxygen atoms in total. The van der Waals surface area contributed by atoms with E-state index >= 15 is 0 Å². The average Bonchev–Trinajstić information content (AvgIpc) is 3.31. The van der Waals surface area contributed by atoms with Gasteiger partial charge in [-0.05, 0) is 55.7 Å². The average molecular weight is 554 g/mol. The number of imidazole rings is 1. The molecule has 2 N–H and O–H groups in total. The van der Waals surface area contributed by atoms with Crippen molar-refractivity contribution in [2.24, 2.45) is 0 Å². The number of nitrogens with one attached hydrogen (secondary N) is 1. The first-order valence-corrected chi connectivity index (χ1v) is 13.8. The summed E-state index contributed by atoms with van der Waals surface area (Å²) in [7, 11) is 0. The van der Waals surface area contributed by atoms with Gasteiger partial charge in [-0.15, -0.1) is 0 Å². The molecule has 2 aliphatic rings. The highest BCUT2D eigenvalue weighted by molar-refractivity contribution is 5.92. The molecule has 2 saturated heterocycles. The third-order valence-corrected chi connectivity index (χ3v) is 7.60. The predicted octanol–water partition coefficient (Wildman–Crippen LogP) is 3.84. The number of benzene rings is 1. The minimum Gasteiger partial charge on any atom is -0.478 e. The number of aromatic nitrogens is 4. The van der Waals surface area contributed by atoms with Gasteiger partial charge in [0.05, 0.1) is 47.0 Å². The van der Waals surface area contributed by atoms with Crippen molar-refractivity contribution in [3.8, 4) is 11.9 Å². The molecule has 1 aromatic carbocycles. The number of carbonyl (C=O) groups is 1. The van der Waals surface area contributed by atoms with Crippen LogP contribution in [-0.4, -0.2) is 67.3 Å². The van der Waals surface area contributed by atoms with Crippen LogP contribution in [0.15, 0.2) is 54.7 Å². The summed E-state index contributed by atoms with van der Waals surface area (Å²) in [6.07, 6.45) is 4.59. The van der Waals surface area contributed by atoms with E-state index in [1.165, 1.54) is 6.20 Å². The monoisotopic (exact) mass is 553 g/mol. The number of hydrogen-bond acceptors (Lipinski definition) is 9. The van der Waals surface area contributed by atoms with Crippen LogP contribution >= 0.6 is 0 Å². The van der Waals surface area contributed by atoms with E-state index in [4.69, 9.17) is 19.7 Å². The number of hydrogen-bond donors (Lipinski definition) is 2. The molecule has 0 bridgehead atoms. The van der Waals surface area contributed by atoms with Gasteiger partial charge >= 0.3 is 5.97 Å². The van der Waals surface area contributed by atoms with Crippen LogP contribution < -0.4 is 10.1 Å². The summed E-state index contributed by atoms with van der Waals surface area (Å²) in [6.45, 7) is 4.23. The maximum absolute atomic E-state index is 11.6. The van der Waals surface area contributed by atoms with Gasteiger partial charge in [-0.1, -0.05) is 6.07 Å². The van der Waals surface area contributed by atoms with Crippen LogP contribution in [0.3, 0.4) is 0 Å². The molecule has 0 saturated carbocycles. The number of aromatic carboxylic acids is 1. The number of likely N-dealkylation sites (tertiary alicyclic amines) is 1. The largest absolute Gasteiger partial charge is 0.478 e. The second-order valence-electron chi connectivity index (χ2n) is 10.4. The lowest BCUT2D eigenvalue weighted by molar-refractivity contribution is -0.0592. The van der Waals surface area contributed by atoms with E-state index in [2.05, 4.69) is 30.8 Å². The number of fused-ring (bicyclic) bond motifs is 1. The molecule has 0 radical (unpaired) electrons. The lowest BCUT2D eigenvalue weighted by Gasteiger charge is -2.33. The van der Waals surface area contributed by atoms with Crippen molar-refractivity contribution < 1.29 is 19.4 Å². The van der Waals surface area contributed by atoms with Crippen molar-refractivity contribution in [2.75, 3.05) is 25.0 Å². The molecular formula is C30H31N7O4. The Morgan fingerprint density at radius 3 is 2.71 bits per heavy atom. The fourth-order valence-corrected chi connectivity index (χ4v) is 5.21. The van der Waals surface area contributed by atoms with Gasteiger partial charge in [0.25, 0.3) is 0 Å². The van der Waals surface area contributed by atoms with E-state index in [1.807, 2.05) is 18.2 Å². The minimum atomic E-state index is -0.939. The number of rotatable bonds is 10. The maximum Gasteiger partial charge on any atom is 0.335 e. The zero-order chi connectivity index (χ0) is 28.2. The number of nitriles is 1. The van der Waals surface area contributed by atoms with Crippen LogP contribution in [0.2, 0.25) is 0 Å². The first-order valence-electron chi connectivity index (χ1n) is 13.8. The zero-order valence-electron chi connectivity index (χ0n) is 22.6. The molecule has 0 aliphatic carbocycles. The van der Waals surface area contributed by atoms with Crippen LogP contribution in [0.5, 0.6) is 5.88 Å². The molecular weight excluding hydrogens is 522 g/mol. The number of carboxylic acids is 1. The second-order valence-corrected chi connectivity index (χ2v) is 10.4. The number of piperidine rings is 1. The first-order chi connectivity index (χ1) is 20.0. The second kappa shape index (κ2) is 11.9. The van der Waals surface area contributed by atoms with E-state index in [0.717, 1.165) is 67.3 Å². The Bertz CT molecular complexity index is 1570. The molecule has 0 unspecified atom stereocenters. The third-order valence-electron chi connectivity index (χ3n) is 7.60. The van der Waals surface area contributed by atoms with Crippen molar-refractivity contribution in [1.82, 2.24) is 24.4 Å². The number of ether oxygens (including phenoxy) is 2. The van der Waals surface area contributed by atoms with Gasteiger partial charge in [0.2, 0.25) is 5.88 Å². The van der Waals surface area contributed by atoms with Crippen LogP contribution in [-0.2, 0) is 24.4 Å². The Balaban J connectivity index is 1.05. The predicted molar refractivity (Wildman–Crippen MR) is 150 cm³/mol. The zero-order valence-corrected chi connectivity index (χ0v) is 22.6. The molecule has 11 heteroatoms. The highest BCUT2D eigenvalue weighted by atomic mass is 16.5. The van der Waals surface area contributed by atoms with Gasteiger partial charge in [0.15, 0.2) is 0 Å². The van der Waals surface area contributed by atoms with E-state index in [9.17, 15) is 9.90 Å². The summed E-state index contributed by atoms with van der Waals surface area (Å²) in [4.78, 5) is 27.7. The summed E-state index contributed by atoms with van der Waals surface area (Å²) < 4.78 is 13.6. The van der Waals surface area contributed by atoms with Crippen molar-refractivity contribution in [3.05, 3.63) is 77.4 Å². The Morgan fingerprint density at radius 1 is 1.15 bits per heavy atom. The van der Waals surface area contributed by atoms with Gasteiger partial charge in [-0.3, -0.25) is 9.88 Å². The van der Waals surface area contributed by atoms with Crippen LogP contribution in [0.4, 0.5) is 5.82 Å². The van der Waals surface area contributed by atoms with Gasteiger partial charge in [0, 0.05) is 38.0 Å². The van der Waals surface area contributed by atoms with E-state index in [0.29, 0.717) is 24.5 Å². The van der Waals surface area contributed by atoms with E-state index < -0.39 is 5.97 Å². The molecule has 4 aromatic rings. The van der Waals surface area contributed by atoms with Gasteiger partial charge < -0.3 is 24.5 Å². The Morgan fingerprint density at radius 2 is 2.00 bits per heavy atom. The molecule has 1 atom stereocenters. The molecule has 3 aromatic heterocycles. The molecule has 0 amide bonds. The summed E-state index contributed by atoms with van der Waals surface area (Å²) in [5, 5.41) is 22.0. The number of carboxylic acid groups (broad SMARTS) is 1. The summed E-state index contributed by atoms with van der Waals surface area (Å²) in [5.41, 5.74) is 3.16. The molecule has 0 spiro atoms. The molecule has 6 rings (SSSR count). The van der Waals surface area contributed by atoms with Gasteiger partial charge in [-0.2, -0.15) is 10.2 Å². The fourth-order valence-electron chi connectivity index (χ4n) is 5.21. The first kappa shape index (κ1) is 26.7. The van der Waals surface area contributed by atoms with E-state index in [-0.39, 0.29) is 24.3 Å². The Kier molecular flexibility index (Phi) is 7.75. The number of anilines is 1. The summed E-state index contributed by atoms with van der Waals surface area (Å²) in [5.74, 6) is 1.28. The third kappa shape index (κ3) is 6.29. The number of pyridine rings is 2. The van der Waals surface area contributed by atoms with Crippen LogP contribution in [0, 0.1) is 11.3 Å². The Labute approximate surface area is 237 Å². The topological polar surface area (TPSA) is 138 Å². The maximum atomic E-state index is 11.6. The highest BCUT2D eigenvalue weighted by Gasteiger charge is 2.25. The van der Waals surface area contributed by atoms with Crippen molar-refractivity contribution in [1.29, 1.82) is 5.26 Å². The van der Waals surface area contributed by atoms with Crippen molar-refractivity contribution >= 4 is 22.8 Å². The van der Waals surface area contributed by atoms with Gasteiger partial charge in [0.1, 0.15) is 24.3 Å². The highest BCUT2D eigenvalue weighted by Crippen LogP contribution is 2.25. The van der Waals surface area contributed by atoms with Crippen LogP contribution in [0.1, 0.15) is 46.7 Å². The number of nitrogens with zero attached hydrogens (tertiary/aromatic N) is 6. The SMILES string of the molecule is N#Cc1ccc(COc2cccc(NC3CCN(Cc4nc5ccc(C(=O)O)cc5n4C[C@@H]4CCO4)CC3)n2)nc1. The quantitative estimate of drug-likeness (QED) is 0.298. The lowest BCUT2D eigenvalue weighted by atomic mass is 10.1. The van der Waals surface area contributed by atoms with E-state index in [1.54, 1.807) is 30.3 Å². The Hall–Kier alpha value is -4.53. The van der Waals surface area contributed by atoms with Crippen molar-refractivity contribution in [3.63, 3.8) is 0 Å². The normalized spacial score (nSPS) is 17.6. The summed E-state index contributed by atoms with van der Waals surface area (Å²) >= 11 is 0. The lowest BCUT2D eigenvalue weighted by Crippen LogP contribution is -2.39. The standard InChI is InChI=1S/C30H31N7O4/c31-15-20-4-6-23(32-16-20)19-41-29-3-1-2-27(35-29)33-22-8-11-36(12-9-22)18-28-34-25-7-5-21(30(38)39)14-26(25)37(28)17-24-10-13-40-24/h1-7,14,16,22,24H,8-13,17-19H2,(H,33,35)(H,38,39)/t24-/m0/s1. The smallest absolute Gasteiger partial charge is 0.335 e. The molecule has 210 valence electrons. The van der Waals surface area contributed by atoms with Crippen LogP contribution in [0.25, 0.3) is 11.0 Å². The van der Waals surface area contributed by atoms with Gasteiger partial charge in [-0.25, -0.2) is 9.78 Å². The molecule has 2 aliphatic heterocycles. The molecule has 5 heterocycles. The molecule has 2 fully saturated rings. The van der Waals surface area contributed by atoms with Crippen molar-refractivity contribution in [2.45, 2.75) is 51.1 Å². The fraction of sp³-hybridized carbons (Fsp3) is 0.367. The molecule has 41 heavy (non-hydrogen) atoms. The summed E-state index contributed by atoms with van der Waals surface area (Å²) in [6, 6.07) is 16.6.